The summed E-state index contributed by atoms with van der Waals surface area (Å²) in [6.45, 7) is 2.39. The Kier molecular flexibility index (Phi) is 7.52. The monoisotopic (exact) mass is 427 g/mol. The standard InChI is InChI=1S/C24H29NO6/c1-15-11-16(5-10-22(26)29-3)24-19(12-15)20(13-23(27)30-4)25-21(24)14-31-18-8-6-17(28-2)7-9-18/h6-9,11-12,20-21,25H,5,10,13-14H2,1-4H3/t20-,21?/m0/s1. The summed E-state index contributed by atoms with van der Waals surface area (Å²) in [7, 11) is 4.40. The largest absolute Gasteiger partial charge is 0.497 e. The van der Waals surface area contributed by atoms with Crippen molar-refractivity contribution in [3.63, 3.8) is 0 Å². The van der Waals surface area contributed by atoms with E-state index in [1.165, 1.54) is 14.2 Å². The molecular weight excluding hydrogens is 398 g/mol. The fourth-order valence-electron chi connectivity index (χ4n) is 3.98. The van der Waals surface area contributed by atoms with Gasteiger partial charge in [0, 0.05) is 12.5 Å². The van der Waals surface area contributed by atoms with Crippen LogP contribution < -0.4 is 14.8 Å². The number of carbonyl (C=O) groups is 2. The summed E-state index contributed by atoms with van der Waals surface area (Å²) in [4.78, 5) is 23.7. The van der Waals surface area contributed by atoms with Gasteiger partial charge in [-0.15, -0.1) is 0 Å². The van der Waals surface area contributed by atoms with E-state index in [9.17, 15) is 9.59 Å². The van der Waals surface area contributed by atoms with E-state index in [0.29, 0.717) is 19.4 Å². The van der Waals surface area contributed by atoms with E-state index in [1.54, 1.807) is 7.11 Å². The number of nitrogens with one attached hydrogen (secondary N) is 1. The van der Waals surface area contributed by atoms with Gasteiger partial charge < -0.3 is 18.9 Å². The van der Waals surface area contributed by atoms with Crippen LogP contribution in [0, 0.1) is 6.92 Å². The molecule has 0 saturated carbocycles. The third-order valence-electron chi connectivity index (χ3n) is 5.47. The molecule has 3 rings (SSSR count). The van der Waals surface area contributed by atoms with E-state index in [1.807, 2.05) is 31.2 Å². The van der Waals surface area contributed by atoms with Gasteiger partial charge in [0.05, 0.1) is 33.8 Å². The lowest BCUT2D eigenvalue weighted by Crippen LogP contribution is -2.25. The van der Waals surface area contributed by atoms with Crippen molar-refractivity contribution in [3.05, 3.63) is 58.7 Å². The highest BCUT2D eigenvalue weighted by Gasteiger charge is 2.34. The first-order chi connectivity index (χ1) is 14.9. The smallest absolute Gasteiger partial charge is 0.307 e. The molecule has 0 spiro atoms. The molecule has 7 nitrogen and oxygen atoms in total. The number of ether oxygens (including phenoxy) is 4. The van der Waals surface area contributed by atoms with Gasteiger partial charge in [-0.3, -0.25) is 14.9 Å². The molecule has 31 heavy (non-hydrogen) atoms. The minimum Gasteiger partial charge on any atom is -0.497 e. The molecule has 7 heteroatoms. The highest BCUT2D eigenvalue weighted by Crippen LogP contribution is 2.39. The Morgan fingerprint density at radius 1 is 0.935 bits per heavy atom. The maximum absolute atomic E-state index is 12.0. The highest BCUT2D eigenvalue weighted by atomic mass is 16.5. The van der Waals surface area contributed by atoms with Crippen molar-refractivity contribution in [1.29, 1.82) is 0 Å². The molecule has 0 saturated heterocycles. The Bertz CT molecular complexity index is 924. The number of benzene rings is 2. The summed E-state index contributed by atoms with van der Waals surface area (Å²) in [5, 5.41) is 3.52. The summed E-state index contributed by atoms with van der Waals surface area (Å²) in [5.41, 5.74) is 4.26. The number of hydrogen-bond donors (Lipinski definition) is 1. The van der Waals surface area contributed by atoms with Gasteiger partial charge in [0.1, 0.15) is 18.1 Å². The SMILES string of the molecule is COC(=O)CCc1cc(C)cc2c1C(COc1ccc(OC)cc1)N[C@H]2CC(=O)OC. The average Bonchev–Trinajstić information content (AvgIpc) is 3.12. The lowest BCUT2D eigenvalue weighted by atomic mass is 9.91. The third-order valence-corrected chi connectivity index (χ3v) is 5.47. The molecule has 2 aromatic rings. The first-order valence-electron chi connectivity index (χ1n) is 10.2. The molecule has 1 heterocycles. The quantitative estimate of drug-likeness (QED) is 0.614. The predicted molar refractivity (Wildman–Crippen MR) is 115 cm³/mol. The van der Waals surface area contributed by atoms with Gasteiger partial charge in [-0.1, -0.05) is 17.7 Å². The van der Waals surface area contributed by atoms with E-state index in [0.717, 1.165) is 33.8 Å². The molecule has 2 aromatic carbocycles. The van der Waals surface area contributed by atoms with Gasteiger partial charge in [0.15, 0.2) is 0 Å². The van der Waals surface area contributed by atoms with Crippen LogP contribution in [0.2, 0.25) is 0 Å². The molecule has 2 atom stereocenters. The minimum absolute atomic E-state index is 0.125. The fraction of sp³-hybridized carbons (Fsp3) is 0.417. The second kappa shape index (κ2) is 10.3. The number of hydrogen-bond acceptors (Lipinski definition) is 7. The van der Waals surface area contributed by atoms with Crippen LogP contribution in [0.25, 0.3) is 0 Å². The molecule has 166 valence electrons. The van der Waals surface area contributed by atoms with Crippen molar-refractivity contribution in [3.8, 4) is 11.5 Å². The van der Waals surface area contributed by atoms with Crippen LogP contribution in [-0.4, -0.2) is 39.9 Å². The lowest BCUT2D eigenvalue weighted by molar-refractivity contribution is -0.141. The predicted octanol–water partition coefficient (Wildman–Crippen LogP) is 3.44. The normalized spacial score (nSPS) is 17.0. The Morgan fingerprint density at radius 2 is 1.61 bits per heavy atom. The first kappa shape index (κ1) is 22.6. The van der Waals surface area contributed by atoms with Gasteiger partial charge in [-0.05, 0) is 54.3 Å². The Hall–Kier alpha value is -3.06. The number of esters is 2. The highest BCUT2D eigenvalue weighted by molar-refractivity contribution is 5.71. The molecule has 1 unspecified atom stereocenters. The number of methoxy groups -OCH3 is 3. The summed E-state index contributed by atoms with van der Waals surface area (Å²) < 4.78 is 20.9. The van der Waals surface area contributed by atoms with Crippen LogP contribution in [0.15, 0.2) is 36.4 Å². The van der Waals surface area contributed by atoms with E-state index in [4.69, 9.17) is 18.9 Å². The second-order valence-electron chi connectivity index (χ2n) is 7.54. The molecule has 1 N–H and O–H groups in total. The number of carbonyl (C=O) groups excluding carboxylic acids is 2. The van der Waals surface area contributed by atoms with Gasteiger partial charge in [-0.2, -0.15) is 0 Å². The molecular formula is C24H29NO6. The Labute approximate surface area is 182 Å². The second-order valence-corrected chi connectivity index (χ2v) is 7.54. The molecule has 0 aromatic heterocycles. The number of fused-ring (bicyclic) bond motifs is 1. The number of rotatable bonds is 9. The minimum atomic E-state index is -0.280. The molecule has 1 aliphatic rings. The maximum atomic E-state index is 12.0. The Morgan fingerprint density at radius 3 is 2.26 bits per heavy atom. The van der Waals surface area contributed by atoms with Crippen LogP contribution in [0.4, 0.5) is 0 Å². The molecule has 0 radical (unpaired) electrons. The van der Waals surface area contributed by atoms with E-state index in [-0.39, 0.29) is 30.4 Å². The van der Waals surface area contributed by atoms with Gasteiger partial charge >= 0.3 is 11.9 Å². The lowest BCUT2D eigenvalue weighted by Gasteiger charge is -2.18. The van der Waals surface area contributed by atoms with Crippen molar-refractivity contribution < 1.29 is 28.5 Å². The van der Waals surface area contributed by atoms with Gasteiger partial charge in [0.25, 0.3) is 0 Å². The molecule has 0 aliphatic carbocycles. The van der Waals surface area contributed by atoms with Crippen LogP contribution in [-0.2, 0) is 25.5 Å². The van der Waals surface area contributed by atoms with E-state index < -0.39 is 0 Å². The first-order valence-corrected chi connectivity index (χ1v) is 10.2. The van der Waals surface area contributed by atoms with Gasteiger partial charge in [-0.25, -0.2) is 0 Å². The zero-order chi connectivity index (χ0) is 22.4. The van der Waals surface area contributed by atoms with E-state index >= 15 is 0 Å². The zero-order valence-electron chi connectivity index (χ0n) is 18.4. The van der Waals surface area contributed by atoms with Crippen LogP contribution in [0.3, 0.4) is 0 Å². The topological polar surface area (TPSA) is 83.1 Å². The molecule has 0 fully saturated rings. The average molecular weight is 427 g/mol. The summed E-state index contributed by atoms with van der Waals surface area (Å²) in [5.74, 6) is 0.954. The summed E-state index contributed by atoms with van der Waals surface area (Å²) in [6.07, 6.45) is 1.07. The van der Waals surface area contributed by atoms with Crippen molar-refractivity contribution in [2.24, 2.45) is 0 Å². The molecule has 0 amide bonds. The zero-order valence-corrected chi connectivity index (χ0v) is 18.4. The van der Waals surface area contributed by atoms with Gasteiger partial charge in [0.2, 0.25) is 0 Å². The maximum Gasteiger partial charge on any atom is 0.307 e. The van der Waals surface area contributed by atoms with Crippen LogP contribution in [0.5, 0.6) is 11.5 Å². The molecule has 0 bridgehead atoms. The fourth-order valence-corrected chi connectivity index (χ4v) is 3.98. The summed E-state index contributed by atoms with van der Waals surface area (Å²) >= 11 is 0. The van der Waals surface area contributed by atoms with Crippen molar-refractivity contribution in [2.75, 3.05) is 27.9 Å². The van der Waals surface area contributed by atoms with Crippen molar-refractivity contribution >= 4 is 11.9 Å². The van der Waals surface area contributed by atoms with E-state index in [2.05, 4.69) is 17.4 Å². The Balaban J connectivity index is 1.86. The summed E-state index contributed by atoms with van der Waals surface area (Å²) in [6, 6.07) is 11.3. The van der Waals surface area contributed by atoms with Crippen molar-refractivity contribution in [2.45, 2.75) is 38.3 Å². The molecule has 1 aliphatic heterocycles. The number of aryl methyl sites for hydroxylation is 2. The third kappa shape index (κ3) is 5.55. The van der Waals surface area contributed by atoms with Crippen molar-refractivity contribution in [1.82, 2.24) is 5.32 Å². The van der Waals surface area contributed by atoms with Crippen LogP contribution in [0.1, 0.15) is 47.2 Å². The van der Waals surface area contributed by atoms with Crippen LogP contribution >= 0.6 is 0 Å².